The molecule has 0 aromatic heterocycles. The Hall–Kier alpha value is -2.92. The molecule has 0 radical (unpaired) electrons. The zero-order valence-corrected chi connectivity index (χ0v) is 15.8. The number of rotatable bonds is 5. The van der Waals surface area contributed by atoms with Crippen LogP contribution in [-0.4, -0.2) is 41.9 Å². The Bertz CT molecular complexity index is 893. The molecule has 0 amide bonds. The molecule has 5 heteroatoms. The second-order valence-electron chi connectivity index (χ2n) is 7.20. The van der Waals surface area contributed by atoms with Crippen LogP contribution in [0.2, 0.25) is 0 Å². The van der Waals surface area contributed by atoms with Gasteiger partial charge in [0.1, 0.15) is 5.76 Å². The van der Waals surface area contributed by atoms with Gasteiger partial charge in [0.15, 0.2) is 5.78 Å². The van der Waals surface area contributed by atoms with Crippen molar-refractivity contribution in [1.29, 1.82) is 0 Å². The third kappa shape index (κ3) is 3.34. The van der Waals surface area contributed by atoms with Gasteiger partial charge in [-0.25, -0.2) is 4.79 Å². The van der Waals surface area contributed by atoms with Crippen LogP contribution >= 0.6 is 0 Å². The van der Waals surface area contributed by atoms with E-state index in [0.29, 0.717) is 25.4 Å². The number of ketones is 1. The second kappa shape index (κ2) is 7.60. The Morgan fingerprint density at radius 1 is 1.14 bits per heavy atom. The van der Waals surface area contributed by atoms with E-state index in [2.05, 4.69) is 4.90 Å². The zero-order valence-electron chi connectivity index (χ0n) is 15.8. The number of hydrogen-bond donors (Lipinski definition) is 0. The highest BCUT2D eigenvalue weighted by molar-refractivity contribution is 6.04. The second-order valence-corrected chi connectivity index (χ2v) is 7.20. The van der Waals surface area contributed by atoms with Crippen molar-refractivity contribution >= 4 is 17.5 Å². The molecule has 2 atom stereocenters. The fraction of sp³-hybridized carbons (Fsp3) is 0.304. The van der Waals surface area contributed by atoms with E-state index >= 15 is 0 Å². The number of esters is 1. The highest BCUT2D eigenvalue weighted by Crippen LogP contribution is 2.41. The van der Waals surface area contributed by atoms with Crippen LogP contribution in [0, 0.1) is 5.92 Å². The molecule has 1 saturated heterocycles. The molecule has 0 bridgehead atoms. The molecular weight excluding hydrogens is 354 g/mol. The molecule has 5 nitrogen and oxygen atoms in total. The van der Waals surface area contributed by atoms with Crippen molar-refractivity contribution in [2.75, 3.05) is 19.7 Å². The highest BCUT2D eigenvalue weighted by Gasteiger charge is 2.60. The van der Waals surface area contributed by atoms with Crippen molar-refractivity contribution in [3.63, 3.8) is 0 Å². The van der Waals surface area contributed by atoms with E-state index in [0.717, 1.165) is 11.1 Å². The first kappa shape index (κ1) is 18.4. The highest BCUT2D eigenvalue weighted by atomic mass is 16.6. The smallest absolute Gasteiger partial charge is 0.352 e. The molecule has 0 aliphatic carbocycles. The molecule has 4 rings (SSSR count). The molecule has 2 aromatic carbocycles. The first-order valence-electron chi connectivity index (χ1n) is 9.56. The van der Waals surface area contributed by atoms with Crippen molar-refractivity contribution in [2.45, 2.75) is 19.1 Å². The number of carbonyl (C=O) groups excluding carboxylic acids is 2. The van der Waals surface area contributed by atoms with E-state index in [1.54, 1.807) is 6.92 Å². The van der Waals surface area contributed by atoms with Crippen molar-refractivity contribution in [2.24, 2.45) is 5.92 Å². The van der Waals surface area contributed by atoms with Crippen molar-refractivity contribution in [3.8, 4) is 0 Å². The van der Waals surface area contributed by atoms with Crippen molar-refractivity contribution in [3.05, 3.63) is 77.9 Å². The van der Waals surface area contributed by atoms with Gasteiger partial charge in [0.05, 0.1) is 19.1 Å². The van der Waals surface area contributed by atoms with Gasteiger partial charge < -0.3 is 9.47 Å². The molecule has 0 spiro atoms. The van der Waals surface area contributed by atoms with E-state index in [9.17, 15) is 9.59 Å². The normalized spacial score (nSPS) is 24.2. The number of likely N-dealkylation sites (tertiary alicyclic amines) is 1. The van der Waals surface area contributed by atoms with E-state index < -0.39 is 17.5 Å². The maximum atomic E-state index is 13.0. The third-order valence-electron chi connectivity index (χ3n) is 5.30. The van der Waals surface area contributed by atoms with Gasteiger partial charge in [-0.1, -0.05) is 60.7 Å². The summed E-state index contributed by atoms with van der Waals surface area (Å²) in [4.78, 5) is 28.0. The zero-order chi connectivity index (χ0) is 19.6. The molecule has 28 heavy (non-hydrogen) atoms. The van der Waals surface area contributed by atoms with Crippen molar-refractivity contribution in [1.82, 2.24) is 4.90 Å². The summed E-state index contributed by atoms with van der Waals surface area (Å²) >= 11 is 0. The Kier molecular flexibility index (Phi) is 5.01. The minimum atomic E-state index is -1.30. The molecule has 2 aliphatic heterocycles. The van der Waals surface area contributed by atoms with E-state index in [1.807, 2.05) is 60.7 Å². The van der Waals surface area contributed by atoms with Gasteiger partial charge >= 0.3 is 5.97 Å². The summed E-state index contributed by atoms with van der Waals surface area (Å²) in [5.74, 6) is -0.696. The fourth-order valence-electron chi connectivity index (χ4n) is 4.00. The SMILES string of the molecule is CCOC(=O)[C@]12CN(Cc3ccccc3)C[C@H]1C(=O)C=C(c1ccccc1)O2. The lowest BCUT2D eigenvalue weighted by Gasteiger charge is -2.35. The van der Waals surface area contributed by atoms with E-state index in [1.165, 1.54) is 6.08 Å². The summed E-state index contributed by atoms with van der Waals surface area (Å²) in [6.07, 6.45) is 1.52. The van der Waals surface area contributed by atoms with Gasteiger partial charge in [0.25, 0.3) is 0 Å². The van der Waals surface area contributed by atoms with Crippen molar-refractivity contribution < 1.29 is 19.1 Å². The minimum absolute atomic E-state index is 0.0892. The molecular formula is C23H23NO4. The molecule has 0 N–H and O–H groups in total. The number of hydrogen-bond acceptors (Lipinski definition) is 5. The summed E-state index contributed by atoms with van der Waals surface area (Å²) in [6.45, 7) is 3.44. The molecule has 0 saturated carbocycles. The Morgan fingerprint density at radius 2 is 1.82 bits per heavy atom. The first-order valence-corrected chi connectivity index (χ1v) is 9.56. The molecule has 2 heterocycles. The number of carbonyl (C=O) groups is 2. The standard InChI is InChI=1S/C23H23NO4/c1-2-27-22(26)23-16-24(14-17-9-5-3-6-10-17)15-19(23)20(25)13-21(28-23)18-11-7-4-8-12-18/h3-13,19H,2,14-16H2,1H3/t19-,23-/m0/s1. The lowest BCUT2D eigenvalue weighted by atomic mass is 9.84. The topological polar surface area (TPSA) is 55.8 Å². The van der Waals surface area contributed by atoms with Gasteiger partial charge in [0, 0.05) is 24.7 Å². The van der Waals surface area contributed by atoms with Crippen LogP contribution in [0.1, 0.15) is 18.1 Å². The van der Waals surface area contributed by atoms with E-state index in [-0.39, 0.29) is 12.4 Å². The Labute approximate surface area is 164 Å². The van der Waals surface area contributed by atoms with Crippen LogP contribution < -0.4 is 0 Å². The number of ether oxygens (including phenoxy) is 2. The van der Waals surface area contributed by atoms with Crippen LogP contribution in [-0.2, 0) is 25.6 Å². The Balaban J connectivity index is 1.66. The van der Waals surface area contributed by atoms with Gasteiger partial charge in [-0.3, -0.25) is 9.69 Å². The molecule has 1 fully saturated rings. The lowest BCUT2D eigenvalue weighted by Crippen LogP contribution is -2.53. The third-order valence-corrected chi connectivity index (χ3v) is 5.30. The van der Waals surface area contributed by atoms with Gasteiger partial charge in [-0.05, 0) is 12.5 Å². The predicted molar refractivity (Wildman–Crippen MR) is 105 cm³/mol. The lowest BCUT2D eigenvalue weighted by molar-refractivity contribution is -0.169. The number of fused-ring (bicyclic) bond motifs is 1. The monoisotopic (exact) mass is 377 g/mol. The van der Waals surface area contributed by atoms with Crippen LogP contribution in [0.3, 0.4) is 0 Å². The quantitative estimate of drug-likeness (QED) is 0.750. The van der Waals surface area contributed by atoms with Crippen LogP contribution in [0.15, 0.2) is 66.7 Å². The first-order chi connectivity index (χ1) is 13.6. The summed E-state index contributed by atoms with van der Waals surface area (Å²) in [6, 6.07) is 19.4. The summed E-state index contributed by atoms with van der Waals surface area (Å²) in [7, 11) is 0. The minimum Gasteiger partial charge on any atom is -0.473 e. The van der Waals surface area contributed by atoms with Gasteiger partial charge in [0.2, 0.25) is 5.60 Å². The fourth-order valence-corrected chi connectivity index (χ4v) is 4.00. The number of nitrogens with zero attached hydrogens (tertiary/aromatic N) is 1. The summed E-state index contributed by atoms with van der Waals surface area (Å²) < 4.78 is 11.6. The number of allylic oxidation sites excluding steroid dienone is 1. The summed E-state index contributed by atoms with van der Waals surface area (Å²) in [5.41, 5.74) is 0.602. The molecule has 144 valence electrons. The predicted octanol–water partition coefficient (Wildman–Crippen LogP) is 3.06. The maximum absolute atomic E-state index is 13.0. The largest absolute Gasteiger partial charge is 0.473 e. The van der Waals surface area contributed by atoms with Crippen LogP contribution in [0.25, 0.3) is 5.76 Å². The van der Waals surface area contributed by atoms with Crippen LogP contribution in [0.4, 0.5) is 0 Å². The maximum Gasteiger partial charge on any atom is 0.352 e. The average molecular weight is 377 g/mol. The van der Waals surface area contributed by atoms with Gasteiger partial charge in [-0.15, -0.1) is 0 Å². The summed E-state index contributed by atoms with van der Waals surface area (Å²) in [5, 5.41) is 0. The Morgan fingerprint density at radius 3 is 2.50 bits per heavy atom. The molecule has 0 unspecified atom stereocenters. The van der Waals surface area contributed by atoms with Crippen LogP contribution in [0.5, 0.6) is 0 Å². The number of benzene rings is 2. The van der Waals surface area contributed by atoms with E-state index in [4.69, 9.17) is 9.47 Å². The molecule has 2 aromatic rings. The molecule has 2 aliphatic rings. The van der Waals surface area contributed by atoms with Gasteiger partial charge in [-0.2, -0.15) is 0 Å². The average Bonchev–Trinajstić information content (AvgIpc) is 3.10.